The van der Waals surface area contributed by atoms with Gasteiger partial charge in [0.05, 0.1) is 12.1 Å². The lowest BCUT2D eigenvalue weighted by molar-refractivity contribution is -0.192. The summed E-state index contributed by atoms with van der Waals surface area (Å²) in [4.78, 5) is 43.1. The van der Waals surface area contributed by atoms with E-state index in [0.29, 0.717) is 38.2 Å². The van der Waals surface area contributed by atoms with Gasteiger partial charge in [0, 0.05) is 44.4 Å². The number of halogens is 3. The minimum Gasteiger partial charge on any atom is -0.475 e. The van der Waals surface area contributed by atoms with Gasteiger partial charge in [-0.3, -0.25) is 19.3 Å². The molecule has 0 saturated carbocycles. The molecule has 1 N–H and O–H groups in total. The zero-order valence-electron chi connectivity index (χ0n) is 19.0. The van der Waals surface area contributed by atoms with Crippen LogP contribution in [-0.4, -0.2) is 79.8 Å². The van der Waals surface area contributed by atoms with E-state index in [4.69, 9.17) is 9.90 Å². The van der Waals surface area contributed by atoms with Gasteiger partial charge in [0.25, 0.3) is 11.8 Å². The van der Waals surface area contributed by atoms with Gasteiger partial charge in [-0.05, 0) is 44.4 Å². The van der Waals surface area contributed by atoms with E-state index in [9.17, 15) is 22.8 Å². The van der Waals surface area contributed by atoms with E-state index in [1.54, 1.807) is 40.3 Å². The predicted molar refractivity (Wildman–Crippen MR) is 116 cm³/mol. The van der Waals surface area contributed by atoms with Crippen molar-refractivity contribution >= 4 is 17.8 Å². The monoisotopic (exact) mass is 483 g/mol. The predicted octanol–water partition coefficient (Wildman–Crippen LogP) is 2.80. The first kappa shape index (κ1) is 26.8. The number of nitrogens with zero attached hydrogens (tertiary/aromatic N) is 5. The van der Waals surface area contributed by atoms with Gasteiger partial charge in [-0.2, -0.15) is 18.3 Å². The molecule has 9 nitrogen and oxygen atoms in total. The van der Waals surface area contributed by atoms with Crippen LogP contribution >= 0.6 is 0 Å². The fourth-order valence-corrected chi connectivity index (χ4v) is 3.83. The van der Waals surface area contributed by atoms with Crippen molar-refractivity contribution in [3.05, 3.63) is 48.5 Å². The molecule has 12 heteroatoms. The zero-order chi connectivity index (χ0) is 25.4. The second-order valence-electron chi connectivity index (χ2n) is 7.74. The molecular formula is C22H28F3N5O4. The third kappa shape index (κ3) is 6.33. The normalized spacial score (nSPS) is 18.0. The Kier molecular flexibility index (Phi) is 9.16. The number of carbonyl (C=O) groups is 3. The highest BCUT2D eigenvalue weighted by Crippen LogP contribution is 2.31. The smallest absolute Gasteiger partial charge is 0.475 e. The summed E-state index contributed by atoms with van der Waals surface area (Å²) in [7, 11) is 0. The zero-order valence-corrected chi connectivity index (χ0v) is 19.0. The lowest BCUT2D eigenvalue weighted by Crippen LogP contribution is -2.60. The number of hydrogen-bond acceptors (Lipinski definition) is 5. The summed E-state index contributed by atoms with van der Waals surface area (Å²) in [6, 6.07) is 5.34. The number of piperidine rings is 1. The van der Waals surface area contributed by atoms with Crippen LogP contribution in [0.1, 0.15) is 43.5 Å². The van der Waals surface area contributed by atoms with Crippen LogP contribution in [0.3, 0.4) is 0 Å². The molecule has 2 aromatic heterocycles. The number of pyridine rings is 1. The van der Waals surface area contributed by atoms with Crippen molar-refractivity contribution in [3.8, 4) is 0 Å². The van der Waals surface area contributed by atoms with Crippen molar-refractivity contribution in [2.75, 3.05) is 26.2 Å². The molecule has 1 unspecified atom stereocenters. The molecule has 3 rings (SSSR count). The Bertz CT molecular complexity index is 953. The molecule has 0 spiro atoms. The van der Waals surface area contributed by atoms with Crippen molar-refractivity contribution in [1.29, 1.82) is 0 Å². The van der Waals surface area contributed by atoms with Gasteiger partial charge < -0.3 is 14.9 Å². The number of carboxylic acids is 1. The number of amides is 2. The number of hydrogen-bond donors (Lipinski definition) is 1. The molecule has 1 saturated heterocycles. The summed E-state index contributed by atoms with van der Waals surface area (Å²) < 4.78 is 33.5. The number of rotatable bonds is 6. The van der Waals surface area contributed by atoms with Gasteiger partial charge in [0.15, 0.2) is 5.54 Å². The molecule has 1 atom stereocenters. The fourth-order valence-electron chi connectivity index (χ4n) is 3.83. The van der Waals surface area contributed by atoms with E-state index in [1.165, 1.54) is 0 Å². The van der Waals surface area contributed by atoms with E-state index >= 15 is 0 Å². The van der Waals surface area contributed by atoms with Crippen molar-refractivity contribution < 1.29 is 32.7 Å². The standard InChI is InChI=1S/C20H27N5O2.C2HF3O2/c1-3-12-23(4-2)19(27)20(25-14-7-11-22-25)9-6-13-24(16-20)18(26)17-8-5-10-21-15-17;3-2(4,5)1(6)7/h5,7-8,10-11,14-15H,3-4,6,9,12-13,16H2,1-2H3;(H,6,7). The fraction of sp³-hybridized carbons (Fsp3) is 0.500. The Morgan fingerprint density at radius 3 is 2.41 bits per heavy atom. The molecule has 3 heterocycles. The quantitative estimate of drug-likeness (QED) is 0.677. The van der Waals surface area contributed by atoms with Crippen molar-refractivity contribution in [2.45, 2.75) is 44.8 Å². The topological polar surface area (TPSA) is 109 Å². The molecule has 2 aromatic rings. The van der Waals surface area contributed by atoms with Crippen LogP contribution in [0.25, 0.3) is 0 Å². The molecule has 0 bridgehead atoms. The lowest BCUT2D eigenvalue weighted by Gasteiger charge is -2.44. The third-order valence-electron chi connectivity index (χ3n) is 5.41. The van der Waals surface area contributed by atoms with E-state index in [0.717, 1.165) is 12.8 Å². The average Bonchev–Trinajstić information content (AvgIpc) is 3.37. The van der Waals surface area contributed by atoms with Crippen LogP contribution in [0.4, 0.5) is 13.2 Å². The maximum atomic E-state index is 13.6. The number of aromatic nitrogens is 3. The highest BCUT2D eigenvalue weighted by molar-refractivity contribution is 5.95. The van der Waals surface area contributed by atoms with Gasteiger partial charge in [0.1, 0.15) is 0 Å². The van der Waals surface area contributed by atoms with Gasteiger partial charge in [-0.1, -0.05) is 6.92 Å². The largest absolute Gasteiger partial charge is 0.490 e. The highest BCUT2D eigenvalue weighted by Gasteiger charge is 2.47. The molecule has 1 aliphatic heterocycles. The summed E-state index contributed by atoms with van der Waals surface area (Å²) in [6.45, 7) is 6.36. The first-order chi connectivity index (χ1) is 16.1. The Morgan fingerprint density at radius 1 is 1.21 bits per heavy atom. The maximum absolute atomic E-state index is 13.6. The molecule has 34 heavy (non-hydrogen) atoms. The molecule has 1 fully saturated rings. The minimum atomic E-state index is -5.08. The Morgan fingerprint density at radius 2 is 1.91 bits per heavy atom. The minimum absolute atomic E-state index is 0.0410. The molecule has 186 valence electrons. The van der Waals surface area contributed by atoms with Crippen LogP contribution in [0.2, 0.25) is 0 Å². The Labute approximate surface area is 195 Å². The van der Waals surface area contributed by atoms with Gasteiger partial charge in [-0.15, -0.1) is 0 Å². The van der Waals surface area contributed by atoms with Crippen molar-refractivity contribution in [2.24, 2.45) is 0 Å². The van der Waals surface area contributed by atoms with E-state index in [2.05, 4.69) is 17.0 Å². The third-order valence-corrected chi connectivity index (χ3v) is 5.41. The molecular weight excluding hydrogens is 455 g/mol. The van der Waals surface area contributed by atoms with Crippen LogP contribution in [-0.2, 0) is 15.1 Å². The highest BCUT2D eigenvalue weighted by atomic mass is 19.4. The van der Waals surface area contributed by atoms with E-state index in [1.807, 2.05) is 24.1 Å². The average molecular weight is 483 g/mol. The van der Waals surface area contributed by atoms with Gasteiger partial charge >= 0.3 is 12.1 Å². The second kappa shape index (κ2) is 11.6. The van der Waals surface area contributed by atoms with Gasteiger partial charge in [0.2, 0.25) is 0 Å². The number of likely N-dealkylation sites (tertiary alicyclic amines) is 1. The molecule has 0 radical (unpaired) electrons. The first-order valence-electron chi connectivity index (χ1n) is 10.9. The molecule has 2 amide bonds. The summed E-state index contributed by atoms with van der Waals surface area (Å²) >= 11 is 0. The number of likely N-dealkylation sites (N-methyl/N-ethyl adjacent to an activating group) is 1. The van der Waals surface area contributed by atoms with Crippen LogP contribution in [0, 0.1) is 0 Å². The summed E-state index contributed by atoms with van der Waals surface area (Å²) in [5, 5.41) is 11.5. The Balaban J connectivity index is 0.000000509. The van der Waals surface area contributed by atoms with Crippen molar-refractivity contribution in [1.82, 2.24) is 24.6 Å². The van der Waals surface area contributed by atoms with Crippen LogP contribution < -0.4 is 0 Å². The summed E-state index contributed by atoms with van der Waals surface area (Å²) in [5.74, 6) is -2.81. The molecule has 1 aliphatic rings. The van der Waals surface area contributed by atoms with Crippen molar-refractivity contribution in [3.63, 3.8) is 0 Å². The first-order valence-corrected chi connectivity index (χ1v) is 10.9. The van der Waals surface area contributed by atoms with E-state index in [-0.39, 0.29) is 11.8 Å². The summed E-state index contributed by atoms with van der Waals surface area (Å²) in [6.07, 6.45) is 3.97. The lowest BCUT2D eigenvalue weighted by atomic mass is 9.87. The molecule has 0 aliphatic carbocycles. The van der Waals surface area contributed by atoms with Gasteiger partial charge in [-0.25, -0.2) is 4.79 Å². The van der Waals surface area contributed by atoms with Crippen LogP contribution in [0.5, 0.6) is 0 Å². The van der Waals surface area contributed by atoms with E-state index < -0.39 is 17.7 Å². The number of carboxylic acid groups (broad SMARTS) is 1. The second-order valence-corrected chi connectivity index (χ2v) is 7.74. The van der Waals surface area contributed by atoms with Crippen LogP contribution in [0.15, 0.2) is 43.0 Å². The number of carbonyl (C=O) groups excluding carboxylic acids is 2. The molecule has 0 aromatic carbocycles. The SMILES string of the molecule is CCCN(CC)C(=O)C1(n2cccn2)CCCN(C(=O)c2cccnc2)C1.O=C(O)C(F)(F)F. The summed E-state index contributed by atoms with van der Waals surface area (Å²) in [5.41, 5.74) is -0.313. The number of aliphatic carboxylic acids is 1. The Hall–Kier alpha value is -3.44. The maximum Gasteiger partial charge on any atom is 0.490 e. The number of alkyl halides is 3.